The summed E-state index contributed by atoms with van der Waals surface area (Å²) in [6, 6.07) is 85.7. The second-order valence-corrected chi connectivity index (χ2v) is 22.0. The van der Waals surface area contributed by atoms with Gasteiger partial charge in [0.25, 0.3) is 6.71 Å². The fraction of sp³-hybridized carbons (Fsp3) is 0.114. The van der Waals surface area contributed by atoms with Gasteiger partial charge in [0.1, 0.15) is 11.5 Å². The number of nitrogens with zero attached hydrogens (tertiary/aromatic N) is 1. The monoisotopic (exact) mass is 937 g/mol. The predicted molar refractivity (Wildman–Crippen MR) is 312 cm³/mol. The van der Waals surface area contributed by atoms with Gasteiger partial charge in [0.05, 0.1) is 5.69 Å². The van der Waals surface area contributed by atoms with Crippen molar-refractivity contribution in [1.29, 1.82) is 0 Å². The molecule has 0 unspecified atom stereocenters. The lowest BCUT2D eigenvalue weighted by molar-refractivity contribution is 0.483. The molecule has 0 bridgehead atoms. The Hall–Kier alpha value is -8.40. The largest absolute Gasteiger partial charge is 0.458 e. The third kappa shape index (κ3) is 7.48. The minimum absolute atomic E-state index is 0.116. The number of ether oxygens (including phenoxy) is 1. The summed E-state index contributed by atoms with van der Waals surface area (Å²) in [6.45, 7) is 13.8. The van der Waals surface area contributed by atoms with E-state index >= 15 is 0 Å². The van der Waals surface area contributed by atoms with E-state index < -0.39 is 0 Å². The van der Waals surface area contributed by atoms with E-state index in [1.54, 1.807) is 0 Å². The molecule has 2 heterocycles. The molecule has 0 fully saturated rings. The van der Waals surface area contributed by atoms with Crippen LogP contribution in [0.2, 0.25) is 0 Å². The zero-order valence-electron chi connectivity index (χ0n) is 42.4. The Morgan fingerprint density at radius 3 is 1.32 bits per heavy atom. The number of fused-ring (bicyclic) bond motifs is 6. The van der Waals surface area contributed by atoms with Crippen LogP contribution < -0.4 is 26.0 Å². The van der Waals surface area contributed by atoms with E-state index in [2.05, 4.69) is 277 Å². The average Bonchev–Trinajstić information content (AvgIpc) is 3.42. The highest BCUT2D eigenvalue weighted by Gasteiger charge is 2.44. The van der Waals surface area contributed by atoms with Gasteiger partial charge in [-0.3, -0.25) is 0 Å². The van der Waals surface area contributed by atoms with E-state index in [1.807, 2.05) is 0 Å². The summed E-state index contributed by atoms with van der Waals surface area (Å²) in [6.07, 6.45) is 0. The zero-order chi connectivity index (χ0) is 49.6. The van der Waals surface area contributed by atoms with Crippen LogP contribution in [0.25, 0.3) is 77.2 Å². The molecular formula is C70H56BNO. The molecule has 0 atom stereocenters. The quantitative estimate of drug-likeness (QED) is 0.122. The molecule has 350 valence electrons. The molecule has 13 rings (SSSR count). The van der Waals surface area contributed by atoms with Crippen molar-refractivity contribution in [2.45, 2.75) is 52.4 Å². The van der Waals surface area contributed by atoms with Crippen LogP contribution in [0, 0.1) is 0 Å². The molecular weight excluding hydrogens is 882 g/mol. The number of hydrogen-bond acceptors (Lipinski definition) is 2. The van der Waals surface area contributed by atoms with Gasteiger partial charge in [-0.1, -0.05) is 236 Å². The molecule has 0 amide bonds. The maximum Gasteiger partial charge on any atom is 0.256 e. The van der Waals surface area contributed by atoms with Crippen molar-refractivity contribution < 1.29 is 4.74 Å². The van der Waals surface area contributed by atoms with Crippen molar-refractivity contribution in [2.75, 3.05) is 4.90 Å². The maximum absolute atomic E-state index is 7.25. The molecule has 0 aliphatic carbocycles. The molecule has 73 heavy (non-hydrogen) atoms. The first-order valence-corrected chi connectivity index (χ1v) is 25.8. The fourth-order valence-corrected chi connectivity index (χ4v) is 11.7. The van der Waals surface area contributed by atoms with Crippen LogP contribution in [0.15, 0.2) is 231 Å². The summed E-state index contributed by atoms with van der Waals surface area (Å²) >= 11 is 0. The van der Waals surface area contributed by atoms with E-state index in [9.17, 15) is 0 Å². The second-order valence-electron chi connectivity index (χ2n) is 22.0. The lowest BCUT2D eigenvalue weighted by Gasteiger charge is -2.43. The lowest BCUT2D eigenvalue weighted by Crippen LogP contribution is -2.59. The molecule has 0 spiro atoms. The molecule has 0 radical (unpaired) electrons. The van der Waals surface area contributed by atoms with Crippen LogP contribution in [0.1, 0.15) is 52.7 Å². The molecule has 0 saturated heterocycles. The smallest absolute Gasteiger partial charge is 0.256 e. The van der Waals surface area contributed by atoms with Crippen LogP contribution in [0.5, 0.6) is 11.5 Å². The van der Waals surface area contributed by atoms with Crippen LogP contribution in [-0.4, -0.2) is 6.71 Å². The molecule has 2 aliphatic heterocycles. The van der Waals surface area contributed by atoms with E-state index in [-0.39, 0.29) is 17.5 Å². The first-order chi connectivity index (χ1) is 35.5. The molecule has 0 aromatic heterocycles. The molecule has 11 aromatic carbocycles. The van der Waals surface area contributed by atoms with Crippen molar-refractivity contribution in [2.24, 2.45) is 0 Å². The van der Waals surface area contributed by atoms with Gasteiger partial charge < -0.3 is 9.64 Å². The third-order valence-corrected chi connectivity index (χ3v) is 15.4. The molecule has 0 N–H and O–H groups in total. The summed E-state index contributed by atoms with van der Waals surface area (Å²) in [5, 5.41) is 4.94. The third-order valence-electron chi connectivity index (χ3n) is 15.4. The minimum Gasteiger partial charge on any atom is -0.458 e. The topological polar surface area (TPSA) is 12.5 Å². The highest BCUT2D eigenvalue weighted by molar-refractivity contribution is 6.99. The maximum atomic E-state index is 7.25. The second kappa shape index (κ2) is 17.1. The number of benzene rings is 11. The SMILES string of the molecule is CC(C)(C)c1cc(-c2ccccc2)c(N2c3cc(-c4c5ccccc5c(-c5ccccc5)c5ccccc45)ccc3B3c4cc(-c5ccccc5)ccc4Oc4cc(C(C)(C)C)cc2c43)c(-c2ccccc2)c1. The molecule has 2 nitrogen and oxygen atoms in total. The fourth-order valence-electron chi connectivity index (χ4n) is 11.7. The van der Waals surface area contributed by atoms with Gasteiger partial charge in [-0.2, -0.15) is 0 Å². The summed E-state index contributed by atoms with van der Waals surface area (Å²) < 4.78 is 7.25. The van der Waals surface area contributed by atoms with Gasteiger partial charge in [-0.25, -0.2) is 0 Å². The van der Waals surface area contributed by atoms with Crippen molar-refractivity contribution in [3.63, 3.8) is 0 Å². The van der Waals surface area contributed by atoms with Crippen molar-refractivity contribution >= 4 is 61.7 Å². The first kappa shape index (κ1) is 44.5. The zero-order valence-corrected chi connectivity index (χ0v) is 42.4. The average molecular weight is 938 g/mol. The van der Waals surface area contributed by atoms with Gasteiger partial charge in [0.15, 0.2) is 0 Å². The van der Waals surface area contributed by atoms with Gasteiger partial charge >= 0.3 is 0 Å². The first-order valence-electron chi connectivity index (χ1n) is 25.8. The predicted octanol–water partition coefficient (Wildman–Crippen LogP) is 17.3. The van der Waals surface area contributed by atoms with Crippen molar-refractivity contribution in [3.8, 4) is 67.1 Å². The van der Waals surface area contributed by atoms with E-state index in [4.69, 9.17) is 4.74 Å². The Bertz CT molecular complexity index is 3820. The molecule has 11 aromatic rings. The van der Waals surface area contributed by atoms with E-state index in [1.165, 1.54) is 105 Å². The van der Waals surface area contributed by atoms with Gasteiger partial charge in [0.2, 0.25) is 0 Å². The van der Waals surface area contributed by atoms with Crippen molar-refractivity contribution in [3.05, 3.63) is 242 Å². The van der Waals surface area contributed by atoms with Crippen LogP contribution in [-0.2, 0) is 10.8 Å². The minimum atomic E-state index is -0.186. The number of rotatable bonds is 6. The Morgan fingerprint density at radius 2 is 0.795 bits per heavy atom. The van der Waals surface area contributed by atoms with E-state index in [0.29, 0.717) is 0 Å². The summed E-state index contributed by atoms with van der Waals surface area (Å²) in [5.74, 6) is 1.81. The standard InChI is InChI=1S/C70H56BNO/c1-69(2,3)51-41-57(46-25-13-8-14-26-46)68(58(42-51)47-27-15-9-16-28-47)72-61-40-50(66-55-33-21-19-31-53(55)65(48-29-17-10-18-30-48)54-32-20-22-34-56(54)66)35-37-59(61)71-60-39-49(45-23-11-7-12-24-45)36-38-63(60)73-64-44-52(70(4,5)6)43-62(72)67(64)71/h7-44H,1-6H3. The summed E-state index contributed by atoms with van der Waals surface area (Å²) in [4.78, 5) is 2.64. The van der Waals surface area contributed by atoms with Gasteiger partial charge in [0, 0.05) is 22.5 Å². The van der Waals surface area contributed by atoms with Crippen LogP contribution >= 0.6 is 0 Å². The normalized spacial score (nSPS) is 12.8. The lowest BCUT2D eigenvalue weighted by atomic mass is 9.34. The summed E-state index contributed by atoms with van der Waals surface area (Å²) in [7, 11) is 0. The Kier molecular flexibility index (Phi) is 10.5. The van der Waals surface area contributed by atoms with Crippen LogP contribution in [0.4, 0.5) is 17.1 Å². The molecule has 0 saturated carbocycles. The van der Waals surface area contributed by atoms with Crippen LogP contribution in [0.3, 0.4) is 0 Å². The Morgan fingerprint density at radius 1 is 0.342 bits per heavy atom. The number of hydrogen-bond donors (Lipinski definition) is 0. The molecule has 3 heteroatoms. The number of anilines is 3. The highest BCUT2D eigenvalue weighted by Crippen LogP contribution is 2.53. The van der Waals surface area contributed by atoms with Gasteiger partial charge in [-0.15, -0.1) is 0 Å². The highest BCUT2D eigenvalue weighted by atomic mass is 16.5. The van der Waals surface area contributed by atoms with Gasteiger partial charge in [-0.05, 0) is 141 Å². The Balaban J connectivity index is 1.19. The van der Waals surface area contributed by atoms with E-state index in [0.717, 1.165) is 28.6 Å². The Labute approximate surface area is 430 Å². The molecule has 2 aliphatic rings. The van der Waals surface area contributed by atoms with Crippen molar-refractivity contribution in [1.82, 2.24) is 0 Å². The summed E-state index contributed by atoms with van der Waals surface area (Å²) in [5.41, 5.74) is 21.2.